The lowest BCUT2D eigenvalue weighted by molar-refractivity contribution is 0.0996. The van der Waals surface area contributed by atoms with Gasteiger partial charge in [0, 0.05) is 12.5 Å². The first-order valence-electron chi connectivity index (χ1n) is 8.04. The molecule has 0 saturated carbocycles. The number of rotatable bonds is 6. The monoisotopic (exact) mass is 357 g/mol. The Balaban J connectivity index is 2.35. The number of nitrogens with one attached hydrogen (secondary N) is 1. The maximum absolute atomic E-state index is 12.6. The molecule has 1 aromatic carbocycles. The van der Waals surface area contributed by atoms with Gasteiger partial charge in [-0.2, -0.15) is 0 Å². The highest BCUT2D eigenvalue weighted by Crippen LogP contribution is 2.29. The highest BCUT2D eigenvalue weighted by Gasteiger charge is 2.21. The second-order valence-corrected chi connectivity index (χ2v) is 5.60. The van der Waals surface area contributed by atoms with Crippen LogP contribution in [0.1, 0.15) is 29.7 Å². The van der Waals surface area contributed by atoms with E-state index in [2.05, 4.69) is 15.0 Å². The van der Waals surface area contributed by atoms with Crippen molar-refractivity contribution >= 4 is 17.1 Å². The number of carbonyl (C=O) groups is 1. The highest BCUT2D eigenvalue weighted by atomic mass is 16.5. The smallest absolute Gasteiger partial charge is 0.332 e. The minimum Gasteiger partial charge on any atom is -0.497 e. The van der Waals surface area contributed by atoms with E-state index in [0.717, 1.165) is 6.42 Å². The molecule has 136 valence electrons. The number of methoxy groups -OCH3 is 2. The zero-order valence-corrected chi connectivity index (χ0v) is 14.7. The Morgan fingerprint density at radius 2 is 2.04 bits per heavy atom. The Morgan fingerprint density at radius 1 is 1.27 bits per heavy atom. The number of aromatic nitrogens is 4. The van der Waals surface area contributed by atoms with Crippen LogP contribution < -0.4 is 20.9 Å². The Labute approximate surface area is 148 Å². The predicted octanol–water partition coefficient (Wildman–Crippen LogP) is 1.18. The molecule has 2 heterocycles. The fourth-order valence-electron chi connectivity index (χ4n) is 2.74. The molecule has 3 N–H and O–H groups in total. The van der Waals surface area contributed by atoms with Gasteiger partial charge in [0.2, 0.25) is 0 Å². The average molecular weight is 357 g/mol. The van der Waals surface area contributed by atoms with Crippen LogP contribution in [0.5, 0.6) is 11.5 Å². The van der Waals surface area contributed by atoms with E-state index in [-0.39, 0.29) is 16.9 Å². The number of benzene rings is 1. The van der Waals surface area contributed by atoms with Gasteiger partial charge < -0.3 is 20.2 Å². The molecule has 9 heteroatoms. The zero-order valence-electron chi connectivity index (χ0n) is 14.7. The molecule has 0 spiro atoms. The molecule has 0 atom stereocenters. The number of H-pyrrole nitrogens is 1. The molecule has 0 aliphatic carbocycles. The molecule has 0 aliphatic rings. The van der Waals surface area contributed by atoms with E-state index in [0.29, 0.717) is 29.4 Å². The minimum atomic E-state index is -0.732. The molecule has 26 heavy (non-hydrogen) atoms. The Bertz CT molecular complexity index is 1040. The maximum atomic E-state index is 12.6. The first-order valence-corrected chi connectivity index (χ1v) is 8.04. The topological polar surface area (TPSA) is 125 Å². The fourth-order valence-corrected chi connectivity index (χ4v) is 2.74. The van der Waals surface area contributed by atoms with Crippen molar-refractivity contribution in [2.45, 2.75) is 19.8 Å². The maximum Gasteiger partial charge on any atom is 0.332 e. The van der Waals surface area contributed by atoms with Crippen molar-refractivity contribution in [2.75, 3.05) is 14.2 Å². The lowest BCUT2D eigenvalue weighted by atomic mass is 10.2. The van der Waals surface area contributed by atoms with Crippen LogP contribution in [0.15, 0.2) is 23.0 Å². The molecule has 2 aromatic heterocycles. The number of fused-ring (bicyclic) bond motifs is 1. The van der Waals surface area contributed by atoms with E-state index in [1.807, 2.05) is 6.92 Å². The molecule has 0 aliphatic heterocycles. The van der Waals surface area contributed by atoms with Crippen molar-refractivity contribution in [1.82, 2.24) is 19.5 Å². The van der Waals surface area contributed by atoms with E-state index < -0.39 is 11.6 Å². The first kappa shape index (κ1) is 17.5. The lowest BCUT2D eigenvalue weighted by Crippen LogP contribution is -2.16. The average Bonchev–Trinajstić information content (AvgIpc) is 2.96. The SMILES string of the molecule is CCCc1nc(C(N)=O)c2[nH]c(=O)n(-c3ccc(OC)cc3OC)c2n1. The standard InChI is InChI=1S/C17H19N5O4/c1-4-5-12-19-13(15(18)23)14-16(20-12)22(17(24)21-14)10-7-6-9(25-2)8-11(10)26-3/h6-8H,4-5H2,1-3H3,(H2,18,23)(H,21,24). The number of amides is 1. The third-order valence-corrected chi connectivity index (χ3v) is 3.92. The number of nitrogens with zero attached hydrogens (tertiary/aromatic N) is 3. The van der Waals surface area contributed by atoms with Crippen LogP contribution in [0.4, 0.5) is 0 Å². The third kappa shape index (κ3) is 2.87. The number of hydrogen-bond acceptors (Lipinski definition) is 6. The number of aryl methyl sites for hydroxylation is 1. The summed E-state index contributed by atoms with van der Waals surface area (Å²) in [6.07, 6.45) is 1.33. The molecular formula is C17H19N5O4. The zero-order chi connectivity index (χ0) is 18.8. The summed E-state index contributed by atoms with van der Waals surface area (Å²) in [7, 11) is 3.03. The van der Waals surface area contributed by atoms with Crippen LogP contribution in [-0.4, -0.2) is 39.6 Å². The van der Waals surface area contributed by atoms with Crippen LogP contribution in [0.3, 0.4) is 0 Å². The molecule has 1 amide bonds. The van der Waals surface area contributed by atoms with Crippen molar-refractivity contribution in [3.8, 4) is 17.2 Å². The van der Waals surface area contributed by atoms with E-state index in [1.54, 1.807) is 18.2 Å². The summed E-state index contributed by atoms with van der Waals surface area (Å²) in [5.41, 5.74) is 5.87. The number of aromatic amines is 1. The number of ether oxygens (including phenoxy) is 2. The molecule has 0 bridgehead atoms. The largest absolute Gasteiger partial charge is 0.497 e. The summed E-state index contributed by atoms with van der Waals surface area (Å²) < 4.78 is 11.9. The minimum absolute atomic E-state index is 0.0122. The van der Waals surface area contributed by atoms with Gasteiger partial charge in [0.05, 0.1) is 19.9 Å². The van der Waals surface area contributed by atoms with Gasteiger partial charge in [-0.3, -0.25) is 4.79 Å². The van der Waals surface area contributed by atoms with Crippen LogP contribution in [-0.2, 0) is 6.42 Å². The second kappa shape index (κ2) is 6.87. The molecule has 0 saturated heterocycles. The summed E-state index contributed by atoms with van der Waals surface area (Å²) in [6, 6.07) is 5.04. The van der Waals surface area contributed by atoms with Crippen LogP contribution in [0.25, 0.3) is 16.9 Å². The van der Waals surface area contributed by atoms with Crippen molar-refractivity contribution < 1.29 is 14.3 Å². The summed E-state index contributed by atoms with van der Waals surface area (Å²) in [4.78, 5) is 35.7. The van der Waals surface area contributed by atoms with Gasteiger partial charge in [-0.05, 0) is 18.6 Å². The normalized spacial score (nSPS) is 10.9. The van der Waals surface area contributed by atoms with E-state index in [1.165, 1.54) is 18.8 Å². The Kier molecular flexibility index (Phi) is 4.61. The molecule has 3 aromatic rings. The van der Waals surface area contributed by atoms with Gasteiger partial charge in [-0.15, -0.1) is 0 Å². The number of nitrogens with two attached hydrogens (primary N) is 1. The van der Waals surface area contributed by atoms with E-state index in [4.69, 9.17) is 15.2 Å². The highest BCUT2D eigenvalue weighted by molar-refractivity contribution is 6.01. The number of imidazole rings is 1. The van der Waals surface area contributed by atoms with Crippen molar-refractivity contribution in [3.05, 3.63) is 40.2 Å². The van der Waals surface area contributed by atoms with Gasteiger partial charge in [-0.25, -0.2) is 19.3 Å². The van der Waals surface area contributed by atoms with Crippen LogP contribution >= 0.6 is 0 Å². The summed E-state index contributed by atoms with van der Waals surface area (Å²) >= 11 is 0. The first-order chi connectivity index (χ1) is 12.5. The van der Waals surface area contributed by atoms with E-state index >= 15 is 0 Å². The predicted molar refractivity (Wildman–Crippen MR) is 95.1 cm³/mol. The van der Waals surface area contributed by atoms with Crippen LogP contribution in [0.2, 0.25) is 0 Å². The van der Waals surface area contributed by atoms with Crippen molar-refractivity contribution in [1.29, 1.82) is 0 Å². The van der Waals surface area contributed by atoms with Gasteiger partial charge in [0.1, 0.15) is 22.8 Å². The summed E-state index contributed by atoms with van der Waals surface area (Å²) in [5.74, 6) is 0.708. The van der Waals surface area contributed by atoms with E-state index in [9.17, 15) is 9.59 Å². The number of primary amides is 1. The summed E-state index contributed by atoms with van der Waals surface area (Å²) in [5, 5.41) is 0. The van der Waals surface area contributed by atoms with Gasteiger partial charge in [0.25, 0.3) is 5.91 Å². The number of carbonyl (C=O) groups excluding carboxylic acids is 1. The number of hydrogen-bond donors (Lipinski definition) is 2. The van der Waals surface area contributed by atoms with Crippen molar-refractivity contribution in [2.24, 2.45) is 5.73 Å². The molecule has 3 rings (SSSR count). The molecule has 0 radical (unpaired) electrons. The fraction of sp³-hybridized carbons (Fsp3) is 0.294. The molecular weight excluding hydrogens is 338 g/mol. The van der Waals surface area contributed by atoms with Gasteiger partial charge >= 0.3 is 5.69 Å². The Hall–Kier alpha value is -3.36. The van der Waals surface area contributed by atoms with Crippen molar-refractivity contribution in [3.63, 3.8) is 0 Å². The molecule has 0 unspecified atom stereocenters. The quantitative estimate of drug-likeness (QED) is 0.682. The van der Waals surface area contributed by atoms with Gasteiger partial charge in [0.15, 0.2) is 11.3 Å². The summed E-state index contributed by atoms with van der Waals surface area (Å²) in [6.45, 7) is 1.97. The van der Waals surface area contributed by atoms with Crippen LogP contribution in [0, 0.1) is 0 Å². The third-order valence-electron chi connectivity index (χ3n) is 3.92. The Morgan fingerprint density at radius 3 is 2.65 bits per heavy atom. The molecule has 9 nitrogen and oxygen atoms in total. The lowest BCUT2D eigenvalue weighted by Gasteiger charge is -2.11. The van der Waals surface area contributed by atoms with Gasteiger partial charge in [-0.1, -0.05) is 6.92 Å². The second-order valence-electron chi connectivity index (χ2n) is 5.60. The molecule has 0 fully saturated rings.